The topological polar surface area (TPSA) is 38.8 Å². The molecule has 0 aliphatic carbocycles. The van der Waals surface area contributed by atoms with Crippen molar-refractivity contribution in [3.05, 3.63) is 59.2 Å². The predicted octanol–water partition coefficient (Wildman–Crippen LogP) is 3.99. The van der Waals surface area contributed by atoms with Crippen molar-refractivity contribution in [2.24, 2.45) is 0 Å². The maximum Gasteiger partial charge on any atom is 0.254 e. The first kappa shape index (κ1) is 16.4. The summed E-state index contributed by atoms with van der Waals surface area (Å²) in [6.45, 7) is 2.87. The van der Waals surface area contributed by atoms with Gasteiger partial charge in [-0.05, 0) is 43.5 Å². The third-order valence-corrected chi connectivity index (χ3v) is 4.57. The smallest absolute Gasteiger partial charge is 0.254 e. The van der Waals surface area contributed by atoms with Gasteiger partial charge in [-0.2, -0.15) is 0 Å². The van der Waals surface area contributed by atoms with Gasteiger partial charge < -0.3 is 14.4 Å². The van der Waals surface area contributed by atoms with Gasteiger partial charge >= 0.3 is 0 Å². The molecule has 0 aromatic heterocycles. The minimum Gasteiger partial charge on any atom is -0.493 e. The minimum absolute atomic E-state index is 0.0416. The van der Waals surface area contributed by atoms with Gasteiger partial charge in [0, 0.05) is 12.1 Å². The Balaban J connectivity index is 1.88. The van der Waals surface area contributed by atoms with E-state index in [0.717, 1.165) is 19.4 Å². The zero-order valence-corrected chi connectivity index (χ0v) is 14.4. The van der Waals surface area contributed by atoms with Crippen molar-refractivity contribution in [3.63, 3.8) is 0 Å². The molecule has 0 unspecified atom stereocenters. The van der Waals surface area contributed by atoms with E-state index in [4.69, 9.17) is 9.47 Å². The Morgan fingerprint density at radius 2 is 1.88 bits per heavy atom. The molecule has 2 aromatic rings. The van der Waals surface area contributed by atoms with E-state index in [1.807, 2.05) is 4.90 Å². The Morgan fingerprint density at radius 1 is 1.08 bits per heavy atom. The van der Waals surface area contributed by atoms with Gasteiger partial charge in [0.25, 0.3) is 5.91 Å². The van der Waals surface area contributed by atoms with E-state index >= 15 is 0 Å². The van der Waals surface area contributed by atoms with Gasteiger partial charge in [0.2, 0.25) is 0 Å². The van der Waals surface area contributed by atoms with Crippen LogP contribution in [0.3, 0.4) is 0 Å². The highest BCUT2D eigenvalue weighted by atomic mass is 16.5. The molecular formula is C20H23NO3. The number of amides is 1. The van der Waals surface area contributed by atoms with E-state index < -0.39 is 0 Å². The molecule has 0 N–H and O–H groups in total. The van der Waals surface area contributed by atoms with Crippen LogP contribution in [0, 0.1) is 6.92 Å². The van der Waals surface area contributed by atoms with Crippen LogP contribution in [-0.4, -0.2) is 31.6 Å². The number of ether oxygens (including phenoxy) is 2. The van der Waals surface area contributed by atoms with Gasteiger partial charge in [-0.25, -0.2) is 0 Å². The average Bonchev–Trinajstić information content (AvgIpc) is 3.10. The molecule has 1 atom stereocenters. The van der Waals surface area contributed by atoms with Crippen LogP contribution in [0.25, 0.3) is 0 Å². The second-order valence-corrected chi connectivity index (χ2v) is 6.14. The van der Waals surface area contributed by atoms with E-state index in [-0.39, 0.29) is 11.9 Å². The van der Waals surface area contributed by atoms with E-state index in [9.17, 15) is 4.79 Å². The average molecular weight is 325 g/mol. The summed E-state index contributed by atoms with van der Waals surface area (Å²) in [5.41, 5.74) is 3.06. The van der Waals surface area contributed by atoms with E-state index in [2.05, 4.69) is 31.2 Å². The fourth-order valence-electron chi connectivity index (χ4n) is 3.37. The summed E-state index contributed by atoms with van der Waals surface area (Å²) in [5.74, 6) is 1.25. The SMILES string of the molecule is COc1ccc(C(=O)N2CCC[C@@H]2c2cccc(C)c2)cc1OC. The number of likely N-dealkylation sites (tertiary alicyclic amines) is 1. The van der Waals surface area contributed by atoms with Crippen LogP contribution in [0.5, 0.6) is 11.5 Å². The number of hydrogen-bond acceptors (Lipinski definition) is 3. The van der Waals surface area contributed by atoms with Crippen LogP contribution in [0.2, 0.25) is 0 Å². The molecule has 1 amide bonds. The number of hydrogen-bond donors (Lipinski definition) is 0. The van der Waals surface area contributed by atoms with E-state index in [0.29, 0.717) is 17.1 Å². The zero-order valence-electron chi connectivity index (χ0n) is 14.4. The highest BCUT2D eigenvalue weighted by Crippen LogP contribution is 2.35. The maximum absolute atomic E-state index is 13.0. The van der Waals surface area contributed by atoms with Crippen LogP contribution >= 0.6 is 0 Å². The summed E-state index contributed by atoms with van der Waals surface area (Å²) in [6, 6.07) is 13.9. The first-order chi connectivity index (χ1) is 11.6. The van der Waals surface area contributed by atoms with Crippen molar-refractivity contribution in [3.8, 4) is 11.5 Å². The first-order valence-electron chi connectivity index (χ1n) is 8.23. The lowest BCUT2D eigenvalue weighted by atomic mass is 10.0. The number of rotatable bonds is 4. The Bertz CT molecular complexity index is 741. The highest BCUT2D eigenvalue weighted by molar-refractivity contribution is 5.95. The van der Waals surface area contributed by atoms with Gasteiger partial charge in [-0.15, -0.1) is 0 Å². The quantitative estimate of drug-likeness (QED) is 0.853. The molecule has 4 heteroatoms. The molecule has 24 heavy (non-hydrogen) atoms. The molecule has 1 aliphatic heterocycles. The second-order valence-electron chi connectivity index (χ2n) is 6.14. The van der Waals surface area contributed by atoms with Crippen LogP contribution in [0.15, 0.2) is 42.5 Å². The second kappa shape index (κ2) is 6.95. The molecule has 1 fully saturated rings. The van der Waals surface area contributed by atoms with Crippen molar-refractivity contribution < 1.29 is 14.3 Å². The van der Waals surface area contributed by atoms with Crippen molar-refractivity contribution in [1.82, 2.24) is 4.90 Å². The summed E-state index contributed by atoms with van der Waals surface area (Å²) in [5, 5.41) is 0. The Kier molecular flexibility index (Phi) is 4.74. The maximum atomic E-state index is 13.0. The normalized spacial score (nSPS) is 17.0. The third-order valence-electron chi connectivity index (χ3n) is 4.57. The molecule has 3 rings (SSSR count). The Hall–Kier alpha value is -2.49. The van der Waals surface area contributed by atoms with Gasteiger partial charge in [-0.3, -0.25) is 4.79 Å². The molecule has 0 saturated carbocycles. The van der Waals surface area contributed by atoms with Crippen LogP contribution in [0.1, 0.15) is 40.4 Å². The molecule has 0 radical (unpaired) electrons. The summed E-state index contributed by atoms with van der Waals surface area (Å²) >= 11 is 0. The summed E-state index contributed by atoms with van der Waals surface area (Å²) in [4.78, 5) is 15.0. The predicted molar refractivity (Wildman–Crippen MR) is 93.7 cm³/mol. The summed E-state index contributed by atoms with van der Waals surface area (Å²) in [6.07, 6.45) is 2.03. The summed E-state index contributed by atoms with van der Waals surface area (Å²) < 4.78 is 10.6. The number of carbonyl (C=O) groups excluding carboxylic acids is 1. The zero-order chi connectivity index (χ0) is 17.1. The molecular weight excluding hydrogens is 302 g/mol. The van der Waals surface area contributed by atoms with Crippen LogP contribution in [-0.2, 0) is 0 Å². The monoisotopic (exact) mass is 325 g/mol. The minimum atomic E-state index is 0.0416. The standard InChI is InChI=1S/C20H23NO3/c1-14-6-4-7-15(12-14)17-8-5-11-21(17)20(22)16-9-10-18(23-2)19(13-16)24-3/h4,6-7,9-10,12-13,17H,5,8,11H2,1-3H3/t17-/m1/s1. The highest BCUT2D eigenvalue weighted by Gasteiger charge is 2.31. The Morgan fingerprint density at radius 3 is 2.58 bits per heavy atom. The molecule has 126 valence electrons. The van der Waals surface area contributed by atoms with Crippen LogP contribution in [0.4, 0.5) is 0 Å². The molecule has 1 saturated heterocycles. The molecule has 1 heterocycles. The van der Waals surface area contributed by atoms with Gasteiger partial charge in [0.05, 0.1) is 20.3 Å². The lowest BCUT2D eigenvalue weighted by molar-refractivity contribution is 0.0735. The van der Waals surface area contributed by atoms with E-state index in [1.165, 1.54) is 11.1 Å². The van der Waals surface area contributed by atoms with E-state index in [1.54, 1.807) is 32.4 Å². The number of nitrogens with zero attached hydrogens (tertiary/aromatic N) is 1. The summed E-state index contributed by atoms with van der Waals surface area (Å²) in [7, 11) is 3.17. The number of methoxy groups -OCH3 is 2. The lowest BCUT2D eigenvalue weighted by Gasteiger charge is -2.25. The lowest BCUT2D eigenvalue weighted by Crippen LogP contribution is -2.30. The van der Waals surface area contributed by atoms with Gasteiger partial charge in [0.1, 0.15) is 0 Å². The Labute approximate surface area is 143 Å². The fraction of sp³-hybridized carbons (Fsp3) is 0.350. The van der Waals surface area contributed by atoms with Crippen molar-refractivity contribution in [1.29, 1.82) is 0 Å². The number of aryl methyl sites for hydroxylation is 1. The molecule has 1 aliphatic rings. The fourth-order valence-corrected chi connectivity index (χ4v) is 3.37. The van der Waals surface area contributed by atoms with Gasteiger partial charge in [0.15, 0.2) is 11.5 Å². The molecule has 2 aromatic carbocycles. The largest absolute Gasteiger partial charge is 0.493 e. The number of benzene rings is 2. The molecule has 0 bridgehead atoms. The van der Waals surface area contributed by atoms with Crippen LogP contribution < -0.4 is 9.47 Å². The third kappa shape index (κ3) is 3.09. The van der Waals surface area contributed by atoms with Crippen molar-refractivity contribution >= 4 is 5.91 Å². The first-order valence-corrected chi connectivity index (χ1v) is 8.23. The molecule has 4 nitrogen and oxygen atoms in total. The van der Waals surface area contributed by atoms with Crippen molar-refractivity contribution in [2.45, 2.75) is 25.8 Å². The number of carbonyl (C=O) groups is 1. The van der Waals surface area contributed by atoms with Crippen molar-refractivity contribution in [2.75, 3.05) is 20.8 Å². The molecule has 0 spiro atoms. The van der Waals surface area contributed by atoms with Gasteiger partial charge in [-0.1, -0.05) is 29.8 Å².